The number of nitrogens with zero attached hydrogens (tertiary/aromatic N) is 3. The van der Waals surface area contributed by atoms with Crippen molar-refractivity contribution in [2.75, 3.05) is 33.3 Å². The second-order valence-corrected chi connectivity index (χ2v) is 9.46. The summed E-state index contributed by atoms with van der Waals surface area (Å²) in [5, 5.41) is 9.09. The molecule has 2 amide bonds. The molecule has 202 valence electrons. The van der Waals surface area contributed by atoms with Gasteiger partial charge in [0.15, 0.2) is 0 Å². The van der Waals surface area contributed by atoms with E-state index in [-0.39, 0.29) is 12.8 Å². The molecule has 0 radical (unpaired) electrons. The lowest BCUT2D eigenvalue weighted by molar-refractivity contribution is -0.141. The van der Waals surface area contributed by atoms with Crippen LogP contribution in [-0.4, -0.2) is 83.1 Å². The van der Waals surface area contributed by atoms with Crippen LogP contribution in [0.15, 0.2) is 42.5 Å². The van der Waals surface area contributed by atoms with Crippen LogP contribution in [0, 0.1) is 0 Å². The van der Waals surface area contributed by atoms with Crippen molar-refractivity contribution < 1.29 is 33.8 Å². The van der Waals surface area contributed by atoms with Crippen LogP contribution in [0.5, 0.6) is 5.75 Å². The first-order chi connectivity index (χ1) is 18.2. The fourth-order valence-corrected chi connectivity index (χ4v) is 4.85. The van der Waals surface area contributed by atoms with Crippen LogP contribution < -0.4 is 10.5 Å². The Labute approximate surface area is 220 Å². The Bertz CT molecular complexity index is 1190. The summed E-state index contributed by atoms with van der Waals surface area (Å²) in [6.45, 7) is 3.75. The highest BCUT2D eigenvalue weighted by Crippen LogP contribution is 2.33. The number of nitrogens with two attached hydrogens (primary N) is 1. The van der Waals surface area contributed by atoms with Crippen LogP contribution in [0.2, 0.25) is 0 Å². The van der Waals surface area contributed by atoms with Gasteiger partial charge >= 0.3 is 18.0 Å². The van der Waals surface area contributed by atoms with Gasteiger partial charge < -0.3 is 25.2 Å². The molecule has 0 aliphatic carbocycles. The van der Waals surface area contributed by atoms with E-state index >= 15 is 0 Å². The van der Waals surface area contributed by atoms with Gasteiger partial charge in [0.1, 0.15) is 5.75 Å². The van der Waals surface area contributed by atoms with Gasteiger partial charge in [-0.2, -0.15) is 0 Å². The van der Waals surface area contributed by atoms with Crippen molar-refractivity contribution in [2.45, 2.75) is 38.5 Å². The van der Waals surface area contributed by atoms with E-state index in [1.54, 1.807) is 24.3 Å². The molecule has 0 saturated carbocycles. The molecule has 1 fully saturated rings. The van der Waals surface area contributed by atoms with E-state index < -0.39 is 30.0 Å². The number of hydrogen-bond acceptors (Lipinski definition) is 8. The zero-order chi connectivity index (χ0) is 27.2. The number of rotatable bonds is 9. The quantitative estimate of drug-likeness (QED) is 0.371. The number of piperazine rings is 1. The predicted molar refractivity (Wildman–Crippen MR) is 136 cm³/mol. The van der Waals surface area contributed by atoms with Crippen LogP contribution in [0.3, 0.4) is 0 Å². The van der Waals surface area contributed by atoms with Gasteiger partial charge in [0, 0.05) is 57.8 Å². The normalized spacial score (nSPS) is 16.5. The van der Waals surface area contributed by atoms with Gasteiger partial charge in [0.25, 0.3) is 0 Å². The summed E-state index contributed by atoms with van der Waals surface area (Å²) >= 11 is 0. The monoisotopic (exact) mass is 524 g/mol. The molecule has 1 atom stereocenters. The Kier molecular flexibility index (Phi) is 8.59. The number of esters is 2. The highest BCUT2D eigenvalue weighted by molar-refractivity contribution is 5.91. The molecule has 1 saturated heterocycles. The van der Waals surface area contributed by atoms with Crippen molar-refractivity contribution in [3.05, 3.63) is 64.7 Å². The van der Waals surface area contributed by atoms with Crippen LogP contribution in [0.4, 0.5) is 4.79 Å². The summed E-state index contributed by atoms with van der Waals surface area (Å²) in [6, 6.07) is 12.0. The Hall–Kier alpha value is -3.96. The third kappa shape index (κ3) is 6.48. The lowest BCUT2D eigenvalue weighted by Crippen LogP contribution is -2.47. The minimum absolute atomic E-state index is 0.0767. The summed E-state index contributed by atoms with van der Waals surface area (Å²) in [4.78, 5) is 53.1. The van der Waals surface area contributed by atoms with Gasteiger partial charge in [-0.3, -0.25) is 19.4 Å². The third-order valence-corrected chi connectivity index (χ3v) is 7.02. The number of primary amides is 1. The van der Waals surface area contributed by atoms with Gasteiger partial charge in [0.2, 0.25) is 5.91 Å². The first kappa shape index (κ1) is 27.1. The third-order valence-electron chi connectivity index (χ3n) is 7.02. The average Bonchev–Trinajstić information content (AvgIpc) is 3.34. The highest BCUT2D eigenvalue weighted by atomic mass is 16.5. The van der Waals surface area contributed by atoms with Gasteiger partial charge in [-0.25, -0.2) is 9.59 Å². The number of amides is 2. The van der Waals surface area contributed by atoms with Crippen molar-refractivity contribution in [2.24, 2.45) is 5.73 Å². The Balaban J connectivity index is 1.36. The van der Waals surface area contributed by atoms with E-state index in [1.165, 1.54) is 12.0 Å². The molecule has 2 aliphatic rings. The molecular weight excluding hydrogens is 492 g/mol. The van der Waals surface area contributed by atoms with E-state index in [0.29, 0.717) is 57.1 Å². The minimum atomic E-state index is -0.893. The molecule has 11 heteroatoms. The molecular formula is C27H32N4O7. The number of benzene rings is 2. The molecule has 2 aromatic carbocycles. The van der Waals surface area contributed by atoms with Crippen LogP contribution in [0.25, 0.3) is 0 Å². The second-order valence-electron chi connectivity index (χ2n) is 9.46. The van der Waals surface area contributed by atoms with E-state index in [4.69, 9.17) is 15.6 Å². The van der Waals surface area contributed by atoms with Crippen molar-refractivity contribution in [3.8, 4) is 5.75 Å². The predicted octanol–water partition coefficient (Wildman–Crippen LogP) is 1.82. The summed E-state index contributed by atoms with van der Waals surface area (Å²) in [7, 11) is 1.30. The van der Waals surface area contributed by atoms with Gasteiger partial charge in [-0.05, 0) is 35.7 Å². The van der Waals surface area contributed by atoms with Crippen LogP contribution in [0.1, 0.15) is 39.9 Å². The zero-order valence-corrected chi connectivity index (χ0v) is 21.3. The SMILES string of the molecule is COC(=O)CCC(C(N)=O)N1Cc2cccc(OC(=O)c3ccc(CN4CCN(C(=O)O)CC4)cc3)c2C1. The van der Waals surface area contributed by atoms with E-state index in [9.17, 15) is 19.2 Å². The molecule has 4 rings (SSSR count). The molecule has 0 aromatic heterocycles. The van der Waals surface area contributed by atoms with Crippen molar-refractivity contribution in [1.82, 2.24) is 14.7 Å². The Morgan fingerprint density at radius 3 is 2.34 bits per heavy atom. The molecule has 3 N–H and O–H groups in total. The number of carbonyl (C=O) groups excluding carboxylic acids is 3. The smallest absolute Gasteiger partial charge is 0.407 e. The molecule has 38 heavy (non-hydrogen) atoms. The summed E-state index contributed by atoms with van der Waals surface area (Å²) in [5.74, 6) is -0.999. The Morgan fingerprint density at radius 2 is 1.71 bits per heavy atom. The average molecular weight is 525 g/mol. The number of ether oxygens (including phenoxy) is 2. The molecule has 2 aromatic rings. The maximum absolute atomic E-state index is 12.9. The standard InChI is InChI=1S/C27H32N4O7/c1-37-24(32)10-9-22(25(28)33)31-16-20-3-2-4-23(21(20)17-31)38-26(34)19-7-5-18(6-8-19)15-29-11-13-30(14-12-29)27(35)36/h2-8,22H,9-17H2,1H3,(H2,28,33)(H,35,36). The van der Waals surface area contributed by atoms with Crippen LogP contribution in [-0.2, 0) is 34.0 Å². The van der Waals surface area contributed by atoms with Crippen molar-refractivity contribution in [1.29, 1.82) is 0 Å². The molecule has 0 bridgehead atoms. The molecule has 2 aliphatic heterocycles. The first-order valence-corrected chi connectivity index (χ1v) is 12.5. The topological polar surface area (TPSA) is 143 Å². The first-order valence-electron chi connectivity index (χ1n) is 12.5. The molecule has 0 spiro atoms. The van der Waals surface area contributed by atoms with Crippen molar-refractivity contribution >= 4 is 23.9 Å². The maximum Gasteiger partial charge on any atom is 0.407 e. The van der Waals surface area contributed by atoms with E-state index in [1.807, 2.05) is 23.1 Å². The largest absolute Gasteiger partial charge is 0.469 e. The van der Waals surface area contributed by atoms with Gasteiger partial charge in [-0.1, -0.05) is 24.3 Å². The van der Waals surface area contributed by atoms with Gasteiger partial charge in [0.05, 0.1) is 18.7 Å². The van der Waals surface area contributed by atoms with Crippen molar-refractivity contribution in [3.63, 3.8) is 0 Å². The number of carbonyl (C=O) groups is 4. The number of carboxylic acid groups (broad SMARTS) is 1. The summed E-state index contributed by atoms with van der Waals surface area (Å²) in [5.41, 5.74) is 8.78. The molecule has 2 heterocycles. The van der Waals surface area contributed by atoms with Gasteiger partial charge in [-0.15, -0.1) is 0 Å². The van der Waals surface area contributed by atoms with E-state index in [2.05, 4.69) is 9.64 Å². The number of fused-ring (bicyclic) bond motifs is 1. The lowest BCUT2D eigenvalue weighted by atomic mass is 10.1. The highest BCUT2D eigenvalue weighted by Gasteiger charge is 2.32. The molecule has 11 nitrogen and oxygen atoms in total. The fraction of sp³-hybridized carbons (Fsp3) is 0.407. The summed E-state index contributed by atoms with van der Waals surface area (Å²) in [6.07, 6.45) is -0.574. The number of hydrogen-bond donors (Lipinski definition) is 2. The lowest BCUT2D eigenvalue weighted by Gasteiger charge is -2.33. The van der Waals surface area contributed by atoms with E-state index in [0.717, 1.165) is 16.7 Å². The number of methoxy groups -OCH3 is 1. The van der Waals surface area contributed by atoms with Crippen LogP contribution >= 0.6 is 0 Å². The zero-order valence-electron chi connectivity index (χ0n) is 21.3. The minimum Gasteiger partial charge on any atom is -0.469 e. The fourth-order valence-electron chi connectivity index (χ4n) is 4.85. The molecule has 1 unspecified atom stereocenters. The summed E-state index contributed by atoms with van der Waals surface area (Å²) < 4.78 is 10.4. The maximum atomic E-state index is 12.9. The Morgan fingerprint density at radius 1 is 1.00 bits per heavy atom. The second kappa shape index (κ2) is 12.1.